The summed E-state index contributed by atoms with van der Waals surface area (Å²) >= 11 is 0. The van der Waals surface area contributed by atoms with Gasteiger partial charge in [0.2, 0.25) is 0 Å². The zero-order valence-corrected chi connectivity index (χ0v) is 16.6. The van der Waals surface area contributed by atoms with Gasteiger partial charge in [-0.15, -0.1) is 0 Å². The summed E-state index contributed by atoms with van der Waals surface area (Å²) in [6.07, 6.45) is -8.18. The Labute approximate surface area is 194 Å². The molecule has 0 N–H and O–H groups in total. The molecule has 0 spiro atoms. The molecule has 0 aromatic carbocycles. The van der Waals surface area contributed by atoms with E-state index in [1.165, 1.54) is 0 Å². The molecule has 1 radical (unpaired) electrons. The summed E-state index contributed by atoms with van der Waals surface area (Å²) in [6.45, 7) is -4.00. The third kappa shape index (κ3) is 4.22. The molecule has 0 unspecified atom stereocenters. The zero-order valence-electron chi connectivity index (χ0n) is 16.6. The van der Waals surface area contributed by atoms with E-state index in [9.17, 15) is 115 Å². The number of hydrogen-bond donors (Lipinski definition) is 0. The number of alkyl halides is 25. The number of rotatable bonds is 11. The quantitative estimate of drug-likeness (QED) is 0.203. The highest BCUT2D eigenvalue weighted by molar-refractivity contribution is 5.19. The van der Waals surface area contributed by atoms with Crippen LogP contribution in [0.4, 0.5) is 110 Å². The van der Waals surface area contributed by atoms with Gasteiger partial charge < -0.3 is 0 Å². The molecule has 235 valence electrons. The van der Waals surface area contributed by atoms with Crippen LogP contribution in [0.5, 0.6) is 0 Å². The Morgan fingerprint density at radius 2 is 0.410 bits per heavy atom. The third-order valence-corrected chi connectivity index (χ3v) is 4.55. The molecule has 0 atom stereocenters. The molecule has 0 aromatic rings. The van der Waals surface area contributed by atoms with E-state index in [1.54, 1.807) is 0 Å². The first-order valence-corrected chi connectivity index (χ1v) is 8.12. The van der Waals surface area contributed by atoms with E-state index in [0.29, 0.717) is 0 Å². The number of halogens is 25. The summed E-state index contributed by atoms with van der Waals surface area (Å²) in [5.74, 6) is -99.1. The van der Waals surface area contributed by atoms with Gasteiger partial charge in [-0.25, -0.2) is 5.11 Å². The lowest BCUT2D eigenvalue weighted by molar-refractivity contribution is -0.482. The second kappa shape index (κ2) is 8.85. The van der Waals surface area contributed by atoms with Gasteiger partial charge in [0, 0.05) is 0 Å². The van der Waals surface area contributed by atoms with Crippen LogP contribution in [0.25, 0.3) is 0 Å². The zero-order chi connectivity index (χ0) is 32.7. The van der Waals surface area contributed by atoms with Crippen LogP contribution in [0.2, 0.25) is 0 Å². The highest BCUT2D eigenvalue weighted by atomic mass is 19.4. The Morgan fingerprint density at radius 1 is 0.256 bits per heavy atom. The summed E-state index contributed by atoms with van der Waals surface area (Å²) in [7, 11) is 0. The molecule has 39 heavy (non-hydrogen) atoms. The maximum Gasteiger partial charge on any atom is 0.460 e. The first-order chi connectivity index (χ1) is 16.3. The highest BCUT2D eigenvalue weighted by Crippen LogP contribution is 2.67. The predicted molar refractivity (Wildman–Crippen MR) is 66.0 cm³/mol. The molecule has 0 rings (SSSR count). The van der Waals surface area contributed by atoms with Crippen molar-refractivity contribution in [1.29, 1.82) is 0 Å². The minimum Gasteiger partial charge on any atom is -0.230 e. The smallest absolute Gasteiger partial charge is 0.230 e. The van der Waals surface area contributed by atoms with E-state index < -0.39 is 77.9 Å². The third-order valence-electron chi connectivity index (χ3n) is 4.55. The van der Waals surface area contributed by atoms with Gasteiger partial charge in [-0.2, -0.15) is 110 Å². The molecule has 0 aliphatic heterocycles. The average Bonchev–Trinajstić information content (AvgIpc) is 2.71. The fraction of sp³-hybridized carbons (Fsp3) is 1.00. The lowest BCUT2D eigenvalue weighted by Crippen LogP contribution is -2.78. The van der Waals surface area contributed by atoms with Crippen molar-refractivity contribution in [3.05, 3.63) is 0 Å². The molecule has 1 nitrogen and oxygen atoms in total. The molecule has 0 heterocycles. The normalized spacial score (nSPS) is 17.1. The minimum atomic E-state index is -9.62. The van der Waals surface area contributed by atoms with Crippen molar-refractivity contribution in [3.8, 4) is 0 Å². The topological polar surface area (TPSA) is 19.9 Å². The van der Waals surface area contributed by atoms with Gasteiger partial charge in [0.25, 0.3) is 0 Å². The summed E-state index contributed by atoms with van der Waals surface area (Å²) in [5.41, 5.74) is 0. The Kier molecular flexibility index (Phi) is 8.45. The molecule has 0 aliphatic rings. The van der Waals surface area contributed by atoms with Crippen LogP contribution in [0.15, 0.2) is 0 Å². The maximum absolute atomic E-state index is 13.4. The Bertz CT molecular complexity index is 892. The van der Waals surface area contributed by atoms with Crippen molar-refractivity contribution in [2.24, 2.45) is 0 Å². The van der Waals surface area contributed by atoms with Gasteiger partial charge in [0.15, 0.2) is 6.61 Å². The first-order valence-electron chi connectivity index (χ1n) is 8.12. The largest absolute Gasteiger partial charge is 0.460 e. The Balaban J connectivity index is 7.31. The summed E-state index contributed by atoms with van der Waals surface area (Å²) in [4.78, 5) is 0. The molecular formula is C13H2F25O. The standard InChI is InChI=1S/C13H2F25O/c14-2(15,1-39)3(16,17)4(18,19)5(20,21)6(22,23)7(24,25)8(26,27)9(28,29)10(30,31)11(32,33)12(34,35)13(36,37)38/h1H2. The van der Waals surface area contributed by atoms with Crippen LogP contribution in [0.1, 0.15) is 0 Å². The molecule has 0 bridgehead atoms. The Morgan fingerprint density at radius 3 is 0.564 bits per heavy atom. The van der Waals surface area contributed by atoms with E-state index in [4.69, 9.17) is 0 Å². The SMILES string of the molecule is [O]CC(F)(F)C(F)(F)C(F)(F)C(F)(F)C(F)(F)C(F)(F)C(F)(F)C(F)(F)C(F)(F)C(F)(F)C(F)(F)C(F)(F)F. The van der Waals surface area contributed by atoms with Crippen LogP contribution in [-0.2, 0) is 5.11 Å². The van der Waals surface area contributed by atoms with Crippen LogP contribution in [0, 0.1) is 0 Å². The molecule has 0 fully saturated rings. The fourth-order valence-electron chi connectivity index (χ4n) is 2.08. The molecule has 0 amide bonds. The molecule has 0 aromatic heterocycles. The predicted octanol–water partition coefficient (Wildman–Crippen LogP) is 7.97. The van der Waals surface area contributed by atoms with Crippen molar-refractivity contribution in [3.63, 3.8) is 0 Å². The summed E-state index contributed by atoms with van der Waals surface area (Å²) < 4.78 is 325. The van der Waals surface area contributed by atoms with Crippen LogP contribution in [-0.4, -0.2) is 77.9 Å². The molecule has 0 saturated carbocycles. The van der Waals surface area contributed by atoms with Gasteiger partial charge in [-0.05, 0) is 0 Å². The van der Waals surface area contributed by atoms with Gasteiger partial charge >= 0.3 is 71.3 Å². The van der Waals surface area contributed by atoms with Gasteiger partial charge in [0.1, 0.15) is 0 Å². The highest BCUT2D eigenvalue weighted by Gasteiger charge is 2.99. The fourth-order valence-corrected chi connectivity index (χ4v) is 2.08. The lowest BCUT2D eigenvalue weighted by Gasteiger charge is -2.45. The monoisotopic (exact) mass is 649 g/mol. The van der Waals surface area contributed by atoms with E-state index in [-0.39, 0.29) is 0 Å². The van der Waals surface area contributed by atoms with Crippen molar-refractivity contribution < 1.29 is 115 Å². The van der Waals surface area contributed by atoms with Gasteiger partial charge in [0.05, 0.1) is 0 Å². The second-order valence-corrected chi connectivity index (χ2v) is 7.09. The van der Waals surface area contributed by atoms with Crippen LogP contribution < -0.4 is 0 Å². The lowest BCUT2D eigenvalue weighted by atomic mass is 9.84. The first kappa shape index (κ1) is 37.2. The van der Waals surface area contributed by atoms with Gasteiger partial charge in [-0.1, -0.05) is 0 Å². The second-order valence-electron chi connectivity index (χ2n) is 7.09. The van der Waals surface area contributed by atoms with Crippen LogP contribution in [0.3, 0.4) is 0 Å². The van der Waals surface area contributed by atoms with E-state index in [2.05, 4.69) is 0 Å². The minimum absolute atomic E-state index is 4.00. The van der Waals surface area contributed by atoms with Crippen molar-refractivity contribution in [2.75, 3.05) is 6.61 Å². The van der Waals surface area contributed by atoms with Crippen molar-refractivity contribution in [2.45, 2.75) is 71.3 Å². The Hall–Kier alpha value is -1.79. The van der Waals surface area contributed by atoms with Gasteiger partial charge in [-0.3, -0.25) is 0 Å². The summed E-state index contributed by atoms with van der Waals surface area (Å²) in [6, 6.07) is 0. The maximum atomic E-state index is 13.4. The van der Waals surface area contributed by atoms with Crippen LogP contribution >= 0.6 is 0 Å². The average molecular weight is 649 g/mol. The van der Waals surface area contributed by atoms with Crippen molar-refractivity contribution >= 4 is 0 Å². The molecular weight excluding hydrogens is 647 g/mol. The van der Waals surface area contributed by atoms with Crippen molar-refractivity contribution in [1.82, 2.24) is 0 Å². The molecule has 0 saturated heterocycles. The molecule has 0 aliphatic carbocycles. The van der Waals surface area contributed by atoms with E-state index in [0.717, 1.165) is 0 Å². The van der Waals surface area contributed by atoms with E-state index >= 15 is 0 Å². The number of hydrogen-bond acceptors (Lipinski definition) is 0. The van der Waals surface area contributed by atoms with E-state index in [1.807, 2.05) is 0 Å². The molecule has 26 heteroatoms. The summed E-state index contributed by atoms with van der Waals surface area (Å²) in [5, 5.41) is 9.81.